The minimum atomic E-state index is -0.391. The number of aliphatic hydroxyl groups excluding tert-OH is 1. The summed E-state index contributed by atoms with van der Waals surface area (Å²) in [5, 5.41) is 12.4. The molecule has 5 heteroatoms. The zero-order valence-electron chi connectivity index (χ0n) is 11.0. The molecular formula is C13H20N2O3. The first-order valence-electron chi connectivity index (χ1n) is 5.96. The summed E-state index contributed by atoms with van der Waals surface area (Å²) in [4.78, 5) is 15.4. The lowest BCUT2D eigenvalue weighted by molar-refractivity contribution is 0.0600. The van der Waals surface area contributed by atoms with Gasteiger partial charge in [-0.25, -0.2) is 4.79 Å². The Morgan fingerprint density at radius 2 is 2.22 bits per heavy atom. The maximum absolute atomic E-state index is 11.2. The van der Waals surface area contributed by atoms with Gasteiger partial charge in [-0.15, -0.1) is 0 Å². The Balaban J connectivity index is 2.56. The number of rotatable bonds is 6. The van der Waals surface area contributed by atoms with Crippen molar-refractivity contribution in [3.63, 3.8) is 0 Å². The van der Waals surface area contributed by atoms with Crippen LogP contribution in [0.3, 0.4) is 0 Å². The molecule has 0 saturated heterocycles. The van der Waals surface area contributed by atoms with Crippen molar-refractivity contribution < 1.29 is 14.6 Å². The van der Waals surface area contributed by atoms with Gasteiger partial charge < -0.3 is 15.2 Å². The highest BCUT2D eigenvalue weighted by Crippen LogP contribution is 2.04. The van der Waals surface area contributed by atoms with Gasteiger partial charge in [0.25, 0.3) is 0 Å². The summed E-state index contributed by atoms with van der Waals surface area (Å²) < 4.78 is 4.60. The molecule has 1 heterocycles. The second-order valence-electron chi connectivity index (χ2n) is 4.44. The molecule has 1 atom stereocenters. The third-order valence-electron chi connectivity index (χ3n) is 2.79. The van der Waals surface area contributed by atoms with E-state index in [1.54, 1.807) is 12.1 Å². The molecule has 0 aliphatic rings. The minimum Gasteiger partial charge on any atom is -0.465 e. The van der Waals surface area contributed by atoms with Crippen LogP contribution in [0.25, 0.3) is 0 Å². The number of hydrogen-bond donors (Lipinski definition) is 2. The van der Waals surface area contributed by atoms with E-state index in [0.29, 0.717) is 18.0 Å². The molecule has 1 rings (SSSR count). The molecule has 0 amide bonds. The van der Waals surface area contributed by atoms with E-state index in [0.717, 1.165) is 5.69 Å². The van der Waals surface area contributed by atoms with Crippen molar-refractivity contribution in [3.05, 3.63) is 29.6 Å². The van der Waals surface area contributed by atoms with Gasteiger partial charge in [0, 0.05) is 18.8 Å². The van der Waals surface area contributed by atoms with Crippen molar-refractivity contribution in [2.75, 3.05) is 13.7 Å². The number of ether oxygens (including phenoxy) is 1. The second-order valence-corrected chi connectivity index (χ2v) is 4.44. The minimum absolute atomic E-state index is 0.0482. The smallest absolute Gasteiger partial charge is 0.339 e. The van der Waals surface area contributed by atoms with Gasteiger partial charge in [0.15, 0.2) is 0 Å². The maximum atomic E-state index is 11.2. The van der Waals surface area contributed by atoms with Crippen molar-refractivity contribution in [3.8, 4) is 0 Å². The van der Waals surface area contributed by atoms with Gasteiger partial charge in [-0.05, 0) is 18.1 Å². The Labute approximate surface area is 107 Å². The highest BCUT2D eigenvalue weighted by atomic mass is 16.5. The number of methoxy groups -OCH3 is 1. The first kappa shape index (κ1) is 14.6. The Morgan fingerprint density at radius 1 is 1.50 bits per heavy atom. The van der Waals surface area contributed by atoms with E-state index >= 15 is 0 Å². The van der Waals surface area contributed by atoms with Gasteiger partial charge in [-0.3, -0.25) is 4.98 Å². The third kappa shape index (κ3) is 4.09. The molecular weight excluding hydrogens is 232 g/mol. The predicted molar refractivity (Wildman–Crippen MR) is 68.1 cm³/mol. The van der Waals surface area contributed by atoms with E-state index in [4.69, 9.17) is 0 Å². The number of nitrogens with one attached hydrogen (secondary N) is 1. The molecule has 1 aromatic heterocycles. The van der Waals surface area contributed by atoms with E-state index in [2.05, 4.69) is 15.0 Å². The van der Waals surface area contributed by atoms with Crippen LogP contribution in [0.1, 0.15) is 29.9 Å². The number of esters is 1. The largest absolute Gasteiger partial charge is 0.465 e. The molecule has 0 unspecified atom stereocenters. The fourth-order valence-corrected chi connectivity index (χ4v) is 1.51. The standard InChI is InChI=1S/C13H20N2O3/c1-9(2)12(8-16)15-7-11-5-4-10(6-14-11)13(17)18-3/h4-6,9,12,15-16H,7-8H2,1-3H3/t12-/m1/s1. The molecule has 2 N–H and O–H groups in total. The highest BCUT2D eigenvalue weighted by molar-refractivity contribution is 5.88. The van der Waals surface area contributed by atoms with Crippen LogP contribution in [0.2, 0.25) is 0 Å². The van der Waals surface area contributed by atoms with Gasteiger partial charge >= 0.3 is 5.97 Å². The Kier molecular flexibility index (Phi) is 5.74. The number of carbonyl (C=O) groups excluding carboxylic acids is 1. The van der Waals surface area contributed by atoms with Crippen LogP contribution in [0.5, 0.6) is 0 Å². The maximum Gasteiger partial charge on any atom is 0.339 e. The van der Waals surface area contributed by atoms with Crippen molar-refractivity contribution >= 4 is 5.97 Å². The molecule has 0 spiro atoms. The molecule has 0 aliphatic heterocycles. The Bertz CT molecular complexity index is 376. The second kappa shape index (κ2) is 7.08. The van der Waals surface area contributed by atoms with Gasteiger partial charge in [0.05, 0.1) is 25.0 Å². The van der Waals surface area contributed by atoms with E-state index < -0.39 is 5.97 Å². The van der Waals surface area contributed by atoms with Crippen LogP contribution in [0.4, 0.5) is 0 Å². The van der Waals surface area contributed by atoms with E-state index in [1.807, 2.05) is 13.8 Å². The number of carbonyl (C=O) groups is 1. The lowest BCUT2D eigenvalue weighted by Gasteiger charge is -2.19. The SMILES string of the molecule is COC(=O)c1ccc(CN[C@H](CO)C(C)C)nc1. The summed E-state index contributed by atoms with van der Waals surface area (Å²) in [6.07, 6.45) is 1.49. The quantitative estimate of drug-likeness (QED) is 0.738. The Hall–Kier alpha value is -1.46. The fraction of sp³-hybridized carbons (Fsp3) is 0.538. The van der Waals surface area contributed by atoms with Crippen molar-refractivity contribution in [2.24, 2.45) is 5.92 Å². The average Bonchev–Trinajstić information content (AvgIpc) is 2.39. The number of aliphatic hydroxyl groups is 1. The lowest BCUT2D eigenvalue weighted by atomic mass is 10.1. The molecule has 1 aromatic rings. The van der Waals surface area contributed by atoms with Gasteiger partial charge in [-0.2, -0.15) is 0 Å². The van der Waals surface area contributed by atoms with E-state index in [1.165, 1.54) is 13.3 Å². The first-order chi connectivity index (χ1) is 8.58. The number of nitrogens with zero attached hydrogens (tertiary/aromatic N) is 1. The Morgan fingerprint density at radius 3 is 2.67 bits per heavy atom. The van der Waals surface area contributed by atoms with Crippen molar-refractivity contribution in [1.29, 1.82) is 0 Å². The van der Waals surface area contributed by atoms with Gasteiger partial charge in [0.1, 0.15) is 0 Å². The van der Waals surface area contributed by atoms with Crippen LogP contribution in [-0.4, -0.2) is 35.8 Å². The molecule has 18 heavy (non-hydrogen) atoms. The van der Waals surface area contributed by atoms with Crippen LogP contribution in [0, 0.1) is 5.92 Å². The van der Waals surface area contributed by atoms with Crippen LogP contribution >= 0.6 is 0 Å². The number of hydrogen-bond acceptors (Lipinski definition) is 5. The van der Waals surface area contributed by atoms with Crippen LogP contribution in [0.15, 0.2) is 18.3 Å². The normalized spacial score (nSPS) is 12.5. The summed E-state index contributed by atoms with van der Waals surface area (Å²) in [7, 11) is 1.34. The average molecular weight is 252 g/mol. The molecule has 5 nitrogen and oxygen atoms in total. The topological polar surface area (TPSA) is 71.5 Å². The number of pyridine rings is 1. The molecule has 0 saturated carbocycles. The molecule has 0 aromatic carbocycles. The summed E-state index contributed by atoms with van der Waals surface area (Å²) in [5.41, 5.74) is 1.26. The summed E-state index contributed by atoms with van der Waals surface area (Å²) in [6, 6.07) is 3.50. The molecule has 0 fully saturated rings. The molecule has 100 valence electrons. The summed E-state index contributed by atoms with van der Waals surface area (Å²) in [5.74, 6) is -0.0400. The zero-order valence-corrected chi connectivity index (χ0v) is 11.0. The zero-order chi connectivity index (χ0) is 13.5. The van der Waals surface area contributed by atoms with Crippen molar-refractivity contribution in [2.45, 2.75) is 26.4 Å². The predicted octanol–water partition coefficient (Wildman–Crippen LogP) is 0.975. The van der Waals surface area contributed by atoms with E-state index in [-0.39, 0.29) is 12.6 Å². The van der Waals surface area contributed by atoms with Crippen LogP contribution < -0.4 is 5.32 Å². The molecule has 0 aliphatic carbocycles. The molecule has 0 radical (unpaired) electrons. The van der Waals surface area contributed by atoms with Crippen molar-refractivity contribution in [1.82, 2.24) is 10.3 Å². The lowest BCUT2D eigenvalue weighted by Crippen LogP contribution is -2.36. The van der Waals surface area contributed by atoms with Crippen LogP contribution in [-0.2, 0) is 11.3 Å². The molecule has 0 bridgehead atoms. The van der Waals surface area contributed by atoms with E-state index in [9.17, 15) is 9.90 Å². The highest BCUT2D eigenvalue weighted by Gasteiger charge is 2.11. The monoisotopic (exact) mass is 252 g/mol. The summed E-state index contributed by atoms with van der Waals surface area (Å²) in [6.45, 7) is 4.74. The first-order valence-corrected chi connectivity index (χ1v) is 5.96. The van der Waals surface area contributed by atoms with Gasteiger partial charge in [-0.1, -0.05) is 13.8 Å². The number of aromatic nitrogens is 1. The third-order valence-corrected chi connectivity index (χ3v) is 2.79. The summed E-state index contributed by atoms with van der Waals surface area (Å²) >= 11 is 0. The van der Waals surface area contributed by atoms with Gasteiger partial charge in [0.2, 0.25) is 0 Å². The fourth-order valence-electron chi connectivity index (χ4n) is 1.51.